The summed E-state index contributed by atoms with van der Waals surface area (Å²) in [6, 6.07) is 1.46. The predicted molar refractivity (Wildman–Crippen MR) is 67.3 cm³/mol. The van der Waals surface area contributed by atoms with Crippen molar-refractivity contribution >= 4 is 44.2 Å². The third-order valence-corrected chi connectivity index (χ3v) is 4.05. The van der Waals surface area contributed by atoms with Crippen molar-refractivity contribution in [2.45, 2.75) is 0 Å². The lowest BCUT2D eigenvalue weighted by atomic mass is 10.1. The van der Waals surface area contributed by atoms with Crippen LogP contribution in [0.1, 0.15) is 20.7 Å². The molecule has 0 saturated heterocycles. The molecular weight excluding hydrogens is 342 g/mol. The first-order valence-corrected chi connectivity index (χ1v) is 6.59. The first-order valence-electron chi connectivity index (χ1n) is 4.98. The zero-order valence-corrected chi connectivity index (χ0v) is 11.4. The van der Waals surface area contributed by atoms with Crippen LogP contribution in [0.25, 0.3) is 0 Å². The van der Waals surface area contributed by atoms with E-state index in [9.17, 15) is 18.4 Å². The Labute approximate surface area is 117 Å². The quantitative estimate of drug-likeness (QED) is 0.747. The summed E-state index contributed by atoms with van der Waals surface area (Å²) in [4.78, 5) is 28.8. The van der Waals surface area contributed by atoms with Gasteiger partial charge in [-0.25, -0.2) is 18.7 Å². The molecule has 3 rings (SSSR count). The lowest BCUT2D eigenvalue weighted by molar-refractivity contribution is 0.0926. The number of carbonyl (C=O) groups excluding carboxylic acids is 2. The minimum Gasteiger partial charge on any atom is -0.268 e. The van der Waals surface area contributed by atoms with E-state index in [0.717, 1.165) is 28.4 Å². The molecule has 1 aromatic heterocycles. The van der Waals surface area contributed by atoms with Crippen LogP contribution < -0.4 is 4.90 Å². The Balaban J connectivity index is 2.14. The molecule has 0 radical (unpaired) electrons. The van der Waals surface area contributed by atoms with Crippen molar-refractivity contribution in [3.63, 3.8) is 0 Å². The Morgan fingerprint density at radius 3 is 2.05 bits per heavy atom. The Morgan fingerprint density at radius 1 is 1.11 bits per heavy atom. The molecule has 2 aromatic rings. The van der Waals surface area contributed by atoms with Crippen molar-refractivity contribution in [2.75, 3.05) is 4.90 Å². The molecule has 0 aliphatic carbocycles. The topological polar surface area (TPSA) is 50.3 Å². The van der Waals surface area contributed by atoms with Crippen LogP contribution in [0.3, 0.4) is 0 Å². The summed E-state index contributed by atoms with van der Waals surface area (Å²) in [6.45, 7) is 0. The highest BCUT2D eigenvalue weighted by atomic mass is 79.9. The zero-order valence-electron chi connectivity index (χ0n) is 8.99. The van der Waals surface area contributed by atoms with Crippen LogP contribution in [-0.2, 0) is 0 Å². The fraction of sp³-hybridized carbons (Fsp3) is 0. The second kappa shape index (κ2) is 4.17. The van der Waals surface area contributed by atoms with E-state index in [1.165, 1.54) is 6.20 Å². The van der Waals surface area contributed by atoms with Crippen molar-refractivity contribution < 1.29 is 18.4 Å². The Bertz CT molecular complexity index is 690. The number of benzene rings is 1. The molecule has 2 amide bonds. The van der Waals surface area contributed by atoms with Gasteiger partial charge in [-0.1, -0.05) is 11.3 Å². The summed E-state index contributed by atoms with van der Waals surface area (Å²) >= 11 is 4.24. The van der Waals surface area contributed by atoms with Gasteiger partial charge in [-0.2, -0.15) is 0 Å². The van der Waals surface area contributed by atoms with Crippen LogP contribution >= 0.6 is 27.3 Å². The van der Waals surface area contributed by atoms with Crippen LogP contribution in [-0.4, -0.2) is 16.8 Å². The molecule has 1 aliphatic rings. The van der Waals surface area contributed by atoms with Gasteiger partial charge in [0.2, 0.25) is 5.13 Å². The van der Waals surface area contributed by atoms with Crippen molar-refractivity contribution in [1.82, 2.24) is 4.98 Å². The van der Waals surface area contributed by atoms with Gasteiger partial charge < -0.3 is 0 Å². The van der Waals surface area contributed by atoms with Crippen LogP contribution in [0.5, 0.6) is 0 Å². The molecule has 96 valence electrons. The van der Waals surface area contributed by atoms with Gasteiger partial charge >= 0.3 is 0 Å². The standard InChI is InChI=1S/C11H3BrF2N2O2S/c12-8-3-15-11(19-8)16-9(17)4-1-6(13)7(14)2-5(4)10(16)18/h1-3H. The molecule has 0 unspecified atom stereocenters. The fourth-order valence-corrected chi connectivity index (χ4v) is 2.94. The summed E-state index contributed by atoms with van der Waals surface area (Å²) in [6.07, 6.45) is 1.44. The number of imide groups is 1. The third kappa shape index (κ3) is 1.79. The molecule has 0 spiro atoms. The lowest BCUT2D eigenvalue weighted by Gasteiger charge is -2.08. The van der Waals surface area contributed by atoms with Gasteiger partial charge in [-0.15, -0.1) is 0 Å². The van der Waals surface area contributed by atoms with E-state index in [4.69, 9.17) is 0 Å². The minimum absolute atomic E-state index is 0.152. The lowest BCUT2D eigenvalue weighted by Crippen LogP contribution is -2.29. The van der Waals surface area contributed by atoms with Crippen molar-refractivity contribution in [3.05, 3.63) is 44.9 Å². The molecule has 0 fully saturated rings. The number of anilines is 1. The van der Waals surface area contributed by atoms with E-state index in [1.54, 1.807) is 0 Å². The molecule has 2 heterocycles. The van der Waals surface area contributed by atoms with E-state index in [1.807, 2.05) is 0 Å². The average molecular weight is 345 g/mol. The molecule has 19 heavy (non-hydrogen) atoms. The van der Waals surface area contributed by atoms with Gasteiger partial charge in [0.05, 0.1) is 21.1 Å². The minimum atomic E-state index is -1.16. The average Bonchev–Trinajstić information content (AvgIpc) is 2.86. The second-order valence-corrected chi connectivity index (χ2v) is 6.09. The number of carbonyl (C=O) groups is 2. The van der Waals surface area contributed by atoms with E-state index >= 15 is 0 Å². The Kier molecular flexibility index (Phi) is 2.72. The summed E-state index contributed by atoms with van der Waals surface area (Å²) in [5.74, 6) is -3.74. The maximum Gasteiger partial charge on any atom is 0.268 e. The maximum absolute atomic E-state index is 13.1. The van der Waals surface area contributed by atoms with Gasteiger partial charge in [-0.05, 0) is 28.1 Å². The number of halogens is 3. The predicted octanol–water partition coefficient (Wildman–Crippen LogP) is 2.98. The van der Waals surface area contributed by atoms with Crippen molar-refractivity contribution in [2.24, 2.45) is 0 Å². The molecule has 0 atom stereocenters. The van der Waals surface area contributed by atoms with E-state index in [-0.39, 0.29) is 16.3 Å². The SMILES string of the molecule is O=C1c2cc(F)c(F)cc2C(=O)N1c1ncc(Br)s1. The molecule has 1 aliphatic heterocycles. The third-order valence-electron chi connectivity index (χ3n) is 2.58. The number of fused-ring (bicyclic) bond motifs is 1. The Morgan fingerprint density at radius 2 is 1.63 bits per heavy atom. The maximum atomic E-state index is 13.1. The Hall–Kier alpha value is -1.67. The highest BCUT2D eigenvalue weighted by molar-refractivity contribution is 9.11. The molecule has 4 nitrogen and oxygen atoms in total. The summed E-state index contributed by atoms with van der Waals surface area (Å²) in [5, 5.41) is 0.152. The van der Waals surface area contributed by atoms with Crippen LogP contribution in [0.2, 0.25) is 0 Å². The first-order chi connectivity index (χ1) is 8.99. The molecule has 8 heteroatoms. The monoisotopic (exact) mass is 344 g/mol. The summed E-state index contributed by atoms with van der Waals surface area (Å²) in [7, 11) is 0. The van der Waals surface area contributed by atoms with Crippen LogP contribution in [0.15, 0.2) is 22.1 Å². The number of hydrogen-bond donors (Lipinski definition) is 0. The normalized spacial score (nSPS) is 14.2. The second-order valence-electron chi connectivity index (χ2n) is 3.70. The van der Waals surface area contributed by atoms with Crippen molar-refractivity contribution in [1.29, 1.82) is 0 Å². The number of rotatable bonds is 1. The molecule has 0 bridgehead atoms. The number of nitrogens with zero attached hydrogens (tertiary/aromatic N) is 2. The number of aromatic nitrogens is 1. The largest absolute Gasteiger partial charge is 0.268 e. The number of hydrogen-bond acceptors (Lipinski definition) is 4. The van der Waals surface area contributed by atoms with Gasteiger partial charge in [0.15, 0.2) is 11.6 Å². The molecule has 0 N–H and O–H groups in total. The number of amides is 2. The molecule has 1 aromatic carbocycles. The summed E-state index contributed by atoms with van der Waals surface area (Å²) in [5.41, 5.74) is -0.314. The van der Waals surface area contributed by atoms with Crippen LogP contribution in [0, 0.1) is 11.6 Å². The van der Waals surface area contributed by atoms with Gasteiger partial charge in [0.1, 0.15) is 0 Å². The highest BCUT2D eigenvalue weighted by Crippen LogP contribution is 2.33. The zero-order chi connectivity index (χ0) is 13.7. The molecular formula is C11H3BrF2N2O2S. The number of thiazole rings is 1. The summed E-state index contributed by atoms with van der Waals surface area (Å²) < 4.78 is 26.9. The van der Waals surface area contributed by atoms with Gasteiger partial charge in [0, 0.05) is 0 Å². The first kappa shape index (κ1) is 12.4. The van der Waals surface area contributed by atoms with E-state index in [0.29, 0.717) is 3.79 Å². The van der Waals surface area contributed by atoms with Crippen molar-refractivity contribution in [3.8, 4) is 0 Å². The van der Waals surface area contributed by atoms with Crippen LogP contribution in [0.4, 0.5) is 13.9 Å². The highest BCUT2D eigenvalue weighted by Gasteiger charge is 2.39. The van der Waals surface area contributed by atoms with E-state index < -0.39 is 23.4 Å². The van der Waals surface area contributed by atoms with Gasteiger partial charge in [-0.3, -0.25) is 9.59 Å². The fourth-order valence-electron chi connectivity index (χ4n) is 1.76. The van der Waals surface area contributed by atoms with Gasteiger partial charge in [0.25, 0.3) is 11.8 Å². The smallest absolute Gasteiger partial charge is 0.268 e. The van der Waals surface area contributed by atoms with E-state index in [2.05, 4.69) is 20.9 Å². The molecule has 0 saturated carbocycles.